The maximum atomic E-state index is 12.4. The van der Waals surface area contributed by atoms with Crippen LogP contribution in [0.25, 0.3) is 10.9 Å². The molecule has 230 valence electrons. The molecule has 0 saturated heterocycles. The third kappa shape index (κ3) is 10.4. The van der Waals surface area contributed by atoms with Crippen molar-refractivity contribution in [2.45, 2.75) is 25.5 Å². The summed E-state index contributed by atoms with van der Waals surface area (Å²) in [4.78, 5) is 28.3. The van der Waals surface area contributed by atoms with Crippen LogP contribution in [0.3, 0.4) is 0 Å². The molecule has 0 aliphatic heterocycles. The van der Waals surface area contributed by atoms with Crippen LogP contribution in [-0.4, -0.2) is 59.4 Å². The number of nitrogens with one attached hydrogen (secondary N) is 2. The fraction of sp³-hybridized carbons (Fsp3) is 0.258. The minimum absolute atomic E-state index is 0. The normalized spacial score (nSPS) is 11.9. The zero-order chi connectivity index (χ0) is 29.2. The first-order valence-corrected chi connectivity index (χ1v) is 13.6. The predicted molar refractivity (Wildman–Crippen MR) is 171 cm³/mol. The van der Waals surface area contributed by atoms with Crippen molar-refractivity contribution in [3.05, 3.63) is 101 Å². The molecule has 43 heavy (non-hydrogen) atoms. The number of aliphatic hydroxyl groups excluding tert-OH is 2. The molecular weight excluding hydrogens is 617 g/mol. The zero-order valence-corrected chi connectivity index (χ0v) is 25.8. The van der Waals surface area contributed by atoms with Crippen molar-refractivity contribution in [2.24, 2.45) is 0 Å². The van der Waals surface area contributed by atoms with E-state index in [9.17, 15) is 19.8 Å². The van der Waals surface area contributed by atoms with Crippen molar-refractivity contribution in [3.8, 4) is 11.5 Å². The van der Waals surface area contributed by atoms with E-state index in [0.717, 1.165) is 10.9 Å². The van der Waals surface area contributed by atoms with Gasteiger partial charge in [-0.15, -0.1) is 24.8 Å². The van der Waals surface area contributed by atoms with Gasteiger partial charge in [-0.25, -0.2) is 0 Å². The summed E-state index contributed by atoms with van der Waals surface area (Å²) in [5.74, 6) is 0.282. The van der Waals surface area contributed by atoms with Crippen molar-refractivity contribution >= 4 is 59.2 Å². The monoisotopic (exact) mass is 649 g/mol. The van der Waals surface area contributed by atoms with Gasteiger partial charge < -0.3 is 30.3 Å². The van der Waals surface area contributed by atoms with E-state index in [0.29, 0.717) is 39.6 Å². The Kier molecular flexibility index (Phi) is 14.7. The van der Waals surface area contributed by atoms with Crippen molar-refractivity contribution in [2.75, 3.05) is 26.3 Å². The number of ether oxygens (including phenoxy) is 2. The first kappa shape index (κ1) is 35.8. The van der Waals surface area contributed by atoms with Crippen LogP contribution in [-0.2, 0) is 16.0 Å². The Morgan fingerprint density at radius 1 is 1.02 bits per heavy atom. The van der Waals surface area contributed by atoms with E-state index < -0.39 is 18.0 Å². The summed E-state index contributed by atoms with van der Waals surface area (Å²) in [6, 6.07) is 21.1. The summed E-state index contributed by atoms with van der Waals surface area (Å²) in [6.07, 6.45) is 1.41. The molecule has 3 aromatic carbocycles. The predicted octanol–water partition coefficient (Wildman–Crippen LogP) is 5.04. The molecule has 1 heterocycles. The van der Waals surface area contributed by atoms with Crippen LogP contribution in [0.2, 0.25) is 5.02 Å². The number of nitrogens with zero attached hydrogens (tertiary/aromatic N) is 1. The first-order chi connectivity index (χ1) is 19.9. The van der Waals surface area contributed by atoms with Gasteiger partial charge in [-0.1, -0.05) is 35.9 Å². The van der Waals surface area contributed by atoms with Crippen LogP contribution < -0.4 is 15.4 Å². The van der Waals surface area contributed by atoms with Gasteiger partial charge in [-0.05, 0) is 73.0 Å². The summed E-state index contributed by atoms with van der Waals surface area (Å²) in [5.41, 5.74) is 2.63. The molecule has 0 unspecified atom stereocenters. The molecule has 1 amide bonds. The number of aliphatic hydroxyl groups is 2. The Hall–Kier alpha value is -3.44. The van der Waals surface area contributed by atoms with Crippen molar-refractivity contribution in [3.63, 3.8) is 0 Å². The van der Waals surface area contributed by atoms with Crippen LogP contribution in [0.1, 0.15) is 34.5 Å². The molecule has 2 atom stereocenters. The summed E-state index contributed by atoms with van der Waals surface area (Å²) >= 11 is 6.01. The average molecular weight is 651 g/mol. The Morgan fingerprint density at radius 3 is 2.49 bits per heavy atom. The summed E-state index contributed by atoms with van der Waals surface area (Å²) in [7, 11) is 0. The Morgan fingerprint density at radius 2 is 1.79 bits per heavy atom. The fourth-order valence-electron chi connectivity index (χ4n) is 4.23. The number of rotatable bonds is 13. The largest absolute Gasteiger partial charge is 0.465 e. The second-order valence-corrected chi connectivity index (χ2v) is 9.77. The number of aromatic nitrogens is 1. The van der Waals surface area contributed by atoms with Gasteiger partial charge in [0.2, 0.25) is 0 Å². The van der Waals surface area contributed by atoms with E-state index in [1.165, 1.54) is 0 Å². The van der Waals surface area contributed by atoms with Gasteiger partial charge in [0, 0.05) is 34.8 Å². The van der Waals surface area contributed by atoms with Crippen molar-refractivity contribution in [1.29, 1.82) is 0 Å². The number of pyridine rings is 1. The van der Waals surface area contributed by atoms with E-state index in [-0.39, 0.29) is 57.2 Å². The highest BCUT2D eigenvalue weighted by molar-refractivity contribution is 6.30. The molecule has 0 aliphatic rings. The maximum absolute atomic E-state index is 12.4. The number of hydrogen-bond acceptors (Lipinski definition) is 8. The number of carbonyl (C=O) groups excluding carboxylic acids is 2. The minimum Gasteiger partial charge on any atom is -0.465 e. The van der Waals surface area contributed by atoms with E-state index in [1.807, 2.05) is 24.3 Å². The van der Waals surface area contributed by atoms with Gasteiger partial charge in [0.05, 0.1) is 24.8 Å². The average Bonchev–Trinajstić information content (AvgIpc) is 2.98. The van der Waals surface area contributed by atoms with E-state index in [2.05, 4.69) is 15.6 Å². The summed E-state index contributed by atoms with van der Waals surface area (Å²) in [6.45, 7) is 1.92. The Labute approximate surface area is 267 Å². The van der Waals surface area contributed by atoms with Gasteiger partial charge in [0.25, 0.3) is 5.91 Å². The summed E-state index contributed by atoms with van der Waals surface area (Å²) < 4.78 is 10.9. The topological polar surface area (TPSA) is 130 Å². The standard InChI is InChI=1S/C31H32ClN3O6.2ClH/c1-2-40-30(38)18-35-31(39)22-8-11-26-27(16-22)33-13-12-29(26)41-25-9-6-20(7-10-25)14-24(19-36)34-17-28(37)21-4-3-5-23(32)15-21;;/h3-13,15-16,24,28,34,36-37H,2,14,17-19H2,1H3,(H,35,39);2*1H/t24-,28-;;/m0../s1. The molecule has 4 rings (SSSR count). The molecule has 9 nitrogen and oxygen atoms in total. The van der Waals surface area contributed by atoms with E-state index in [4.69, 9.17) is 21.1 Å². The van der Waals surface area contributed by atoms with Gasteiger partial charge in [-0.3, -0.25) is 14.6 Å². The number of hydrogen-bond donors (Lipinski definition) is 4. The lowest BCUT2D eigenvalue weighted by atomic mass is 10.0. The highest BCUT2D eigenvalue weighted by Gasteiger charge is 2.14. The Bertz CT molecular complexity index is 1490. The van der Waals surface area contributed by atoms with Gasteiger partial charge >= 0.3 is 5.97 Å². The lowest BCUT2D eigenvalue weighted by Gasteiger charge is -2.19. The molecule has 4 aromatic rings. The molecule has 4 N–H and O–H groups in total. The number of benzene rings is 3. The number of esters is 1. The van der Waals surface area contributed by atoms with Gasteiger partial charge in [0.1, 0.15) is 18.0 Å². The number of halogens is 3. The molecule has 1 aromatic heterocycles. The third-order valence-corrected chi connectivity index (χ3v) is 6.59. The van der Waals surface area contributed by atoms with Gasteiger partial charge in [-0.2, -0.15) is 0 Å². The zero-order valence-electron chi connectivity index (χ0n) is 23.4. The van der Waals surface area contributed by atoms with Crippen molar-refractivity contribution in [1.82, 2.24) is 15.6 Å². The fourth-order valence-corrected chi connectivity index (χ4v) is 4.43. The third-order valence-electron chi connectivity index (χ3n) is 6.35. The van der Waals surface area contributed by atoms with Crippen LogP contribution in [0.5, 0.6) is 11.5 Å². The van der Waals surface area contributed by atoms with Crippen molar-refractivity contribution < 1.29 is 29.3 Å². The van der Waals surface area contributed by atoms with Crippen LogP contribution >= 0.6 is 36.4 Å². The molecule has 0 spiro atoms. The second kappa shape index (κ2) is 17.6. The van der Waals surface area contributed by atoms with Crippen LogP contribution in [0.4, 0.5) is 0 Å². The van der Waals surface area contributed by atoms with E-state index in [1.54, 1.807) is 61.7 Å². The molecule has 0 radical (unpaired) electrons. The molecule has 0 bridgehead atoms. The van der Waals surface area contributed by atoms with Gasteiger partial charge in [0.15, 0.2) is 0 Å². The molecule has 0 saturated carbocycles. The first-order valence-electron chi connectivity index (χ1n) is 13.2. The molecule has 0 aliphatic carbocycles. The number of carbonyl (C=O) groups is 2. The smallest absolute Gasteiger partial charge is 0.325 e. The quantitative estimate of drug-likeness (QED) is 0.148. The Balaban J connectivity index is 0.00000323. The highest BCUT2D eigenvalue weighted by atomic mass is 35.5. The lowest BCUT2D eigenvalue weighted by molar-refractivity contribution is -0.141. The molecular formula is C31H34Cl3N3O6. The minimum atomic E-state index is -0.747. The highest BCUT2D eigenvalue weighted by Crippen LogP contribution is 2.29. The number of fused-ring (bicyclic) bond motifs is 1. The molecule has 0 fully saturated rings. The molecule has 12 heteroatoms. The van der Waals surface area contributed by atoms with E-state index >= 15 is 0 Å². The second-order valence-electron chi connectivity index (χ2n) is 9.34. The number of amides is 1. The lowest BCUT2D eigenvalue weighted by Crippen LogP contribution is -2.37. The summed E-state index contributed by atoms with van der Waals surface area (Å²) in [5, 5.41) is 27.3. The maximum Gasteiger partial charge on any atom is 0.325 e. The van der Waals surface area contributed by atoms with Crippen LogP contribution in [0, 0.1) is 0 Å². The van der Waals surface area contributed by atoms with Crippen LogP contribution in [0.15, 0.2) is 79.0 Å². The SMILES string of the molecule is CCOC(=O)CNC(=O)c1ccc2c(Oc3ccc(C[C@@H](CO)NC[C@H](O)c4cccc(Cl)c4)cc3)ccnc2c1.Cl.Cl.